The molecule has 1 aromatic heterocycles. The van der Waals surface area contributed by atoms with Crippen LogP contribution in [-0.2, 0) is 13.6 Å². The van der Waals surface area contributed by atoms with Gasteiger partial charge in [-0.05, 0) is 38.9 Å². The maximum Gasteiger partial charge on any atom is 0.122 e. The maximum atomic E-state index is 4.49. The van der Waals surface area contributed by atoms with Gasteiger partial charge >= 0.3 is 0 Å². The Balaban J connectivity index is 2.56. The third kappa shape index (κ3) is 2.18. The summed E-state index contributed by atoms with van der Waals surface area (Å²) in [5.41, 5.74) is 6.43. The van der Waals surface area contributed by atoms with Crippen LogP contribution in [0.3, 0.4) is 0 Å². The van der Waals surface area contributed by atoms with Gasteiger partial charge in [-0.3, -0.25) is 0 Å². The molecule has 1 N–H and O–H groups in total. The van der Waals surface area contributed by atoms with Crippen LogP contribution in [0.4, 0.5) is 0 Å². The van der Waals surface area contributed by atoms with Crippen LogP contribution in [0.25, 0.3) is 11.3 Å². The van der Waals surface area contributed by atoms with Crippen LogP contribution >= 0.6 is 0 Å². The van der Waals surface area contributed by atoms with Crippen molar-refractivity contribution in [3.8, 4) is 11.3 Å². The van der Waals surface area contributed by atoms with Gasteiger partial charge in [0, 0.05) is 12.6 Å². The number of benzene rings is 1. The molecule has 0 saturated heterocycles. The minimum absolute atomic E-state index is 0.792. The molecular formula is C15H21N3. The van der Waals surface area contributed by atoms with Crippen molar-refractivity contribution >= 4 is 0 Å². The van der Waals surface area contributed by atoms with Crippen LogP contribution < -0.4 is 5.32 Å². The van der Waals surface area contributed by atoms with Gasteiger partial charge in [-0.25, -0.2) is 4.98 Å². The Hall–Kier alpha value is -1.61. The lowest BCUT2D eigenvalue weighted by Gasteiger charge is -2.12. The van der Waals surface area contributed by atoms with Gasteiger partial charge < -0.3 is 9.88 Å². The highest BCUT2D eigenvalue weighted by Crippen LogP contribution is 2.28. The highest BCUT2D eigenvalue weighted by atomic mass is 15.1. The molecule has 18 heavy (non-hydrogen) atoms. The van der Waals surface area contributed by atoms with Crippen molar-refractivity contribution in [2.75, 3.05) is 7.05 Å². The molecule has 3 heteroatoms. The Kier molecular flexibility index (Phi) is 3.53. The van der Waals surface area contributed by atoms with E-state index in [4.69, 9.17) is 0 Å². The summed E-state index contributed by atoms with van der Waals surface area (Å²) in [7, 11) is 4.02. The molecule has 1 aromatic carbocycles. The van der Waals surface area contributed by atoms with E-state index in [1.165, 1.54) is 27.9 Å². The Bertz CT molecular complexity index is 544. The van der Waals surface area contributed by atoms with E-state index in [1.54, 1.807) is 0 Å². The highest BCUT2D eigenvalue weighted by Gasteiger charge is 2.12. The SMILES string of the molecule is CNCc1ncc(-c2c(C)cc(C)cc2C)n1C. The Labute approximate surface area is 109 Å². The molecule has 0 bridgehead atoms. The summed E-state index contributed by atoms with van der Waals surface area (Å²) in [5, 5.41) is 3.14. The molecule has 3 nitrogen and oxygen atoms in total. The molecule has 2 aromatic rings. The molecular weight excluding hydrogens is 222 g/mol. The van der Waals surface area contributed by atoms with Crippen molar-refractivity contribution in [1.82, 2.24) is 14.9 Å². The summed E-state index contributed by atoms with van der Waals surface area (Å²) in [6.07, 6.45) is 1.97. The summed E-state index contributed by atoms with van der Waals surface area (Å²) < 4.78 is 2.17. The fraction of sp³-hybridized carbons (Fsp3) is 0.400. The van der Waals surface area contributed by atoms with Crippen molar-refractivity contribution in [3.63, 3.8) is 0 Å². The van der Waals surface area contributed by atoms with E-state index in [9.17, 15) is 0 Å². The number of aromatic nitrogens is 2. The van der Waals surface area contributed by atoms with E-state index in [2.05, 4.69) is 54.8 Å². The topological polar surface area (TPSA) is 29.9 Å². The lowest BCUT2D eigenvalue weighted by atomic mass is 9.98. The van der Waals surface area contributed by atoms with Gasteiger partial charge in [-0.15, -0.1) is 0 Å². The number of rotatable bonds is 3. The average Bonchev–Trinajstić information content (AvgIpc) is 2.61. The van der Waals surface area contributed by atoms with Gasteiger partial charge in [0.05, 0.1) is 18.4 Å². The fourth-order valence-corrected chi connectivity index (χ4v) is 2.59. The number of nitrogens with zero attached hydrogens (tertiary/aromatic N) is 2. The largest absolute Gasteiger partial charge is 0.330 e. The first kappa shape index (κ1) is 12.8. The van der Waals surface area contributed by atoms with Gasteiger partial charge in [-0.2, -0.15) is 0 Å². The van der Waals surface area contributed by atoms with Crippen LogP contribution in [0.1, 0.15) is 22.5 Å². The standard InChI is InChI=1S/C15H21N3/c1-10-6-11(2)15(12(3)7-10)13-8-17-14(9-16-4)18(13)5/h6-8,16H,9H2,1-5H3. The third-order valence-corrected chi connectivity index (χ3v) is 3.35. The van der Waals surface area contributed by atoms with E-state index in [0.29, 0.717) is 0 Å². The smallest absolute Gasteiger partial charge is 0.122 e. The lowest BCUT2D eigenvalue weighted by Crippen LogP contribution is -2.11. The summed E-state index contributed by atoms with van der Waals surface area (Å²) >= 11 is 0. The molecule has 0 aliphatic carbocycles. The minimum atomic E-state index is 0.792. The number of imidazole rings is 1. The monoisotopic (exact) mass is 243 g/mol. The predicted molar refractivity (Wildman–Crippen MR) is 75.6 cm³/mol. The zero-order valence-corrected chi connectivity index (χ0v) is 11.8. The van der Waals surface area contributed by atoms with Crippen molar-refractivity contribution in [2.24, 2.45) is 7.05 Å². The second kappa shape index (κ2) is 4.94. The number of hydrogen-bond donors (Lipinski definition) is 1. The number of nitrogens with one attached hydrogen (secondary N) is 1. The molecule has 0 unspecified atom stereocenters. The predicted octanol–water partition coefficient (Wildman–Crippen LogP) is 2.73. The highest BCUT2D eigenvalue weighted by molar-refractivity contribution is 5.68. The first-order valence-electron chi connectivity index (χ1n) is 6.28. The molecule has 96 valence electrons. The number of hydrogen-bond acceptors (Lipinski definition) is 2. The molecule has 0 radical (unpaired) electrons. The molecule has 0 spiro atoms. The summed E-state index contributed by atoms with van der Waals surface area (Å²) in [5.74, 6) is 1.06. The maximum absolute atomic E-state index is 4.49. The van der Waals surface area contributed by atoms with Gasteiger partial charge in [0.15, 0.2) is 0 Å². The second-order valence-electron chi connectivity index (χ2n) is 4.92. The van der Waals surface area contributed by atoms with E-state index < -0.39 is 0 Å². The van der Waals surface area contributed by atoms with Crippen molar-refractivity contribution < 1.29 is 0 Å². The molecule has 2 rings (SSSR count). The van der Waals surface area contributed by atoms with E-state index in [0.717, 1.165) is 12.4 Å². The average molecular weight is 243 g/mol. The minimum Gasteiger partial charge on any atom is -0.330 e. The fourth-order valence-electron chi connectivity index (χ4n) is 2.59. The summed E-state index contributed by atoms with van der Waals surface area (Å²) in [4.78, 5) is 4.49. The van der Waals surface area contributed by atoms with Gasteiger partial charge in [0.25, 0.3) is 0 Å². The van der Waals surface area contributed by atoms with Gasteiger partial charge in [-0.1, -0.05) is 17.7 Å². The van der Waals surface area contributed by atoms with Gasteiger partial charge in [0.2, 0.25) is 0 Å². The van der Waals surface area contributed by atoms with Gasteiger partial charge in [0.1, 0.15) is 5.82 Å². The quantitative estimate of drug-likeness (QED) is 0.898. The Morgan fingerprint density at radius 1 is 1.17 bits per heavy atom. The van der Waals surface area contributed by atoms with Crippen LogP contribution in [0, 0.1) is 20.8 Å². The second-order valence-corrected chi connectivity index (χ2v) is 4.92. The van der Waals surface area contributed by atoms with E-state index in [1.807, 2.05) is 13.2 Å². The zero-order valence-electron chi connectivity index (χ0n) is 11.8. The van der Waals surface area contributed by atoms with Crippen LogP contribution in [0.2, 0.25) is 0 Å². The normalized spacial score (nSPS) is 10.9. The zero-order chi connectivity index (χ0) is 13.3. The summed E-state index contributed by atoms with van der Waals surface area (Å²) in [6, 6.07) is 4.46. The van der Waals surface area contributed by atoms with E-state index >= 15 is 0 Å². The third-order valence-electron chi connectivity index (χ3n) is 3.35. The molecule has 0 saturated carbocycles. The first-order chi connectivity index (χ1) is 8.54. The first-order valence-corrected chi connectivity index (χ1v) is 6.28. The molecule has 0 fully saturated rings. The van der Waals surface area contributed by atoms with Crippen LogP contribution in [0.15, 0.2) is 18.3 Å². The lowest BCUT2D eigenvalue weighted by molar-refractivity contribution is 0.712. The summed E-state index contributed by atoms with van der Waals surface area (Å²) in [6.45, 7) is 7.26. The Morgan fingerprint density at radius 2 is 1.78 bits per heavy atom. The van der Waals surface area contributed by atoms with E-state index in [-0.39, 0.29) is 0 Å². The van der Waals surface area contributed by atoms with Crippen molar-refractivity contribution in [2.45, 2.75) is 27.3 Å². The van der Waals surface area contributed by atoms with Crippen molar-refractivity contribution in [1.29, 1.82) is 0 Å². The molecule has 1 heterocycles. The molecule has 0 amide bonds. The van der Waals surface area contributed by atoms with Crippen molar-refractivity contribution in [3.05, 3.63) is 40.8 Å². The van der Waals surface area contributed by atoms with Crippen LogP contribution in [-0.4, -0.2) is 16.6 Å². The molecule has 0 atom stereocenters. The number of aryl methyl sites for hydroxylation is 3. The Morgan fingerprint density at radius 3 is 2.33 bits per heavy atom. The molecule has 0 aliphatic heterocycles. The van der Waals surface area contributed by atoms with Crippen LogP contribution in [0.5, 0.6) is 0 Å². The molecule has 0 aliphatic rings.